The standard InChI is InChI=1S/C29H35N3O5/c1-5-37-29(35)28-21(3)32(26(33)18-25(28)22-8-6-7-20(2)17-22)19-27(34)31-15-13-30(14-16-31)23-9-11-24(36-4)12-10-23/h6-12,17,25H,5,13-16,18-19H2,1-4H3. The highest BCUT2D eigenvalue weighted by Gasteiger charge is 2.38. The topological polar surface area (TPSA) is 79.4 Å². The lowest BCUT2D eigenvalue weighted by atomic mass is 9.83. The number of hydrogen-bond donors (Lipinski definition) is 0. The van der Waals surface area contributed by atoms with Crippen LogP contribution in [-0.2, 0) is 19.1 Å². The molecular weight excluding hydrogens is 470 g/mol. The lowest BCUT2D eigenvalue weighted by Gasteiger charge is -2.38. The third-order valence-corrected chi connectivity index (χ3v) is 7.13. The van der Waals surface area contributed by atoms with Crippen molar-refractivity contribution in [3.63, 3.8) is 0 Å². The maximum absolute atomic E-state index is 13.3. The second-order valence-electron chi connectivity index (χ2n) is 9.44. The van der Waals surface area contributed by atoms with Crippen molar-refractivity contribution in [1.29, 1.82) is 0 Å². The van der Waals surface area contributed by atoms with Crippen LogP contribution >= 0.6 is 0 Å². The zero-order valence-electron chi connectivity index (χ0n) is 22.0. The molecule has 1 fully saturated rings. The molecule has 0 aromatic heterocycles. The number of esters is 1. The van der Waals surface area contributed by atoms with Crippen molar-refractivity contribution in [3.05, 3.63) is 70.9 Å². The average molecular weight is 506 g/mol. The van der Waals surface area contributed by atoms with Crippen molar-refractivity contribution < 1.29 is 23.9 Å². The molecule has 0 spiro atoms. The fourth-order valence-electron chi connectivity index (χ4n) is 5.09. The van der Waals surface area contributed by atoms with Gasteiger partial charge >= 0.3 is 5.97 Å². The van der Waals surface area contributed by atoms with E-state index in [1.165, 1.54) is 4.90 Å². The minimum Gasteiger partial charge on any atom is -0.497 e. The summed E-state index contributed by atoms with van der Waals surface area (Å²) in [6.07, 6.45) is 0.119. The Balaban J connectivity index is 1.48. The van der Waals surface area contributed by atoms with Crippen molar-refractivity contribution in [2.75, 3.05) is 51.3 Å². The Labute approximate surface area is 218 Å². The van der Waals surface area contributed by atoms with Gasteiger partial charge in [-0.1, -0.05) is 29.8 Å². The van der Waals surface area contributed by atoms with Crippen LogP contribution in [0.2, 0.25) is 0 Å². The zero-order chi connectivity index (χ0) is 26.5. The first-order valence-electron chi connectivity index (χ1n) is 12.7. The third kappa shape index (κ3) is 5.79. The van der Waals surface area contributed by atoms with Gasteiger partial charge in [0.25, 0.3) is 0 Å². The number of benzene rings is 2. The summed E-state index contributed by atoms with van der Waals surface area (Å²) in [5.74, 6) is -0.323. The first-order chi connectivity index (χ1) is 17.8. The van der Waals surface area contributed by atoms with Gasteiger partial charge in [0.1, 0.15) is 12.3 Å². The molecule has 0 aliphatic carbocycles. The van der Waals surface area contributed by atoms with E-state index in [-0.39, 0.29) is 31.4 Å². The first-order valence-corrected chi connectivity index (χ1v) is 12.7. The average Bonchev–Trinajstić information content (AvgIpc) is 2.91. The van der Waals surface area contributed by atoms with Crippen molar-refractivity contribution in [2.24, 2.45) is 0 Å². The number of piperazine rings is 1. The molecule has 2 aliphatic rings. The smallest absolute Gasteiger partial charge is 0.336 e. The third-order valence-electron chi connectivity index (χ3n) is 7.13. The number of aryl methyl sites for hydroxylation is 1. The largest absolute Gasteiger partial charge is 0.497 e. The lowest BCUT2D eigenvalue weighted by molar-refractivity contribution is -0.142. The lowest BCUT2D eigenvalue weighted by Crippen LogP contribution is -2.52. The molecule has 1 atom stereocenters. The van der Waals surface area contributed by atoms with E-state index in [1.54, 1.807) is 25.9 Å². The summed E-state index contributed by atoms with van der Waals surface area (Å²) in [5, 5.41) is 0. The molecule has 0 N–H and O–H groups in total. The normalized spacial score (nSPS) is 18.2. The zero-order valence-corrected chi connectivity index (χ0v) is 22.0. The summed E-state index contributed by atoms with van der Waals surface area (Å²) in [6, 6.07) is 15.7. The molecule has 8 heteroatoms. The van der Waals surface area contributed by atoms with Gasteiger partial charge in [0.05, 0.1) is 19.3 Å². The molecular formula is C29H35N3O5. The van der Waals surface area contributed by atoms with Gasteiger partial charge in [-0.3, -0.25) is 9.59 Å². The van der Waals surface area contributed by atoms with Crippen LogP contribution in [0, 0.1) is 6.92 Å². The van der Waals surface area contributed by atoms with Crippen molar-refractivity contribution >= 4 is 23.5 Å². The molecule has 4 rings (SSSR count). The quantitative estimate of drug-likeness (QED) is 0.536. The Morgan fingerprint density at radius 3 is 2.32 bits per heavy atom. The van der Waals surface area contributed by atoms with Crippen LogP contribution in [0.5, 0.6) is 5.75 Å². The number of rotatable bonds is 7. The Kier molecular flexibility index (Phi) is 8.16. The number of amides is 2. The number of ether oxygens (including phenoxy) is 2. The van der Waals surface area contributed by atoms with E-state index in [4.69, 9.17) is 9.47 Å². The highest BCUT2D eigenvalue weighted by Crippen LogP contribution is 2.37. The first kappa shape index (κ1) is 26.3. The van der Waals surface area contributed by atoms with E-state index in [1.807, 2.05) is 55.5 Å². The summed E-state index contributed by atoms with van der Waals surface area (Å²) < 4.78 is 10.6. The van der Waals surface area contributed by atoms with Crippen LogP contribution < -0.4 is 9.64 Å². The second-order valence-corrected chi connectivity index (χ2v) is 9.44. The number of carbonyl (C=O) groups excluding carboxylic acids is 3. The monoisotopic (exact) mass is 505 g/mol. The van der Waals surface area contributed by atoms with E-state index in [0.717, 1.165) is 22.6 Å². The number of allylic oxidation sites excluding steroid dienone is 1. The molecule has 196 valence electrons. The van der Waals surface area contributed by atoms with Crippen LogP contribution in [0.25, 0.3) is 0 Å². The summed E-state index contributed by atoms with van der Waals surface area (Å²) in [6.45, 7) is 8.15. The molecule has 2 heterocycles. The van der Waals surface area contributed by atoms with Gasteiger partial charge in [-0.25, -0.2) is 4.79 Å². The number of nitrogens with zero attached hydrogens (tertiary/aromatic N) is 3. The minimum atomic E-state index is -0.440. The molecule has 0 radical (unpaired) electrons. The Morgan fingerprint density at radius 2 is 1.70 bits per heavy atom. The summed E-state index contributed by atoms with van der Waals surface area (Å²) in [7, 11) is 1.64. The maximum atomic E-state index is 13.3. The van der Waals surface area contributed by atoms with Crippen LogP contribution in [0.1, 0.15) is 37.3 Å². The Bertz CT molecular complexity index is 1180. The van der Waals surface area contributed by atoms with E-state index in [9.17, 15) is 14.4 Å². The molecule has 2 aromatic carbocycles. The molecule has 2 aliphatic heterocycles. The van der Waals surface area contributed by atoms with Crippen molar-refractivity contribution in [3.8, 4) is 5.75 Å². The number of hydrogen-bond acceptors (Lipinski definition) is 6. The van der Waals surface area contributed by atoms with Gasteiger partial charge in [-0.15, -0.1) is 0 Å². The minimum absolute atomic E-state index is 0.0867. The summed E-state index contributed by atoms with van der Waals surface area (Å²) >= 11 is 0. The van der Waals surface area contributed by atoms with Crippen molar-refractivity contribution in [2.45, 2.75) is 33.1 Å². The van der Waals surface area contributed by atoms with Crippen LogP contribution in [0.3, 0.4) is 0 Å². The van der Waals surface area contributed by atoms with Gasteiger partial charge in [-0.2, -0.15) is 0 Å². The highest BCUT2D eigenvalue weighted by atomic mass is 16.5. The maximum Gasteiger partial charge on any atom is 0.336 e. The molecule has 0 saturated carbocycles. The van der Waals surface area contributed by atoms with Crippen LogP contribution in [0.15, 0.2) is 59.8 Å². The molecule has 2 amide bonds. The molecule has 0 bridgehead atoms. The van der Waals surface area contributed by atoms with Gasteiger partial charge in [0, 0.05) is 49.9 Å². The van der Waals surface area contributed by atoms with Crippen molar-refractivity contribution in [1.82, 2.24) is 9.80 Å². The predicted octanol–water partition coefficient (Wildman–Crippen LogP) is 3.51. The predicted molar refractivity (Wildman–Crippen MR) is 141 cm³/mol. The fraction of sp³-hybridized carbons (Fsp3) is 0.414. The Morgan fingerprint density at radius 1 is 1.00 bits per heavy atom. The highest BCUT2D eigenvalue weighted by molar-refractivity contribution is 5.97. The van der Waals surface area contributed by atoms with E-state index in [0.29, 0.717) is 37.4 Å². The van der Waals surface area contributed by atoms with Crippen LogP contribution in [-0.4, -0.2) is 74.0 Å². The van der Waals surface area contributed by atoms with Gasteiger partial charge in [-0.05, 0) is 50.6 Å². The summed E-state index contributed by atoms with van der Waals surface area (Å²) in [4.78, 5) is 45.0. The fourth-order valence-corrected chi connectivity index (χ4v) is 5.09. The number of carbonyl (C=O) groups is 3. The number of anilines is 1. The van der Waals surface area contributed by atoms with E-state index in [2.05, 4.69) is 4.90 Å². The molecule has 37 heavy (non-hydrogen) atoms. The van der Waals surface area contributed by atoms with Gasteiger partial charge in [0.15, 0.2) is 0 Å². The molecule has 1 unspecified atom stereocenters. The number of methoxy groups -OCH3 is 1. The Hall–Kier alpha value is -3.81. The molecule has 8 nitrogen and oxygen atoms in total. The van der Waals surface area contributed by atoms with Crippen LogP contribution in [0.4, 0.5) is 5.69 Å². The van der Waals surface area contributed by atoms with Gasteiger partial charge < -0.3 is 24.2 Å². The summed E-state index contributed by atoms with van der Waals surface area (Å²) in [5.41, 5.74) is 3.98. The van der Waals surface area contributed by atoms with Gasteiger partial charge in [0.2, 0.25) is 11.8 Å². The SMILES string of the molecule is CCOC(=O)C1=C(C)N(CC(=O)N2CCN(c3ccc(OC)cc3)CC2)C(=O)CC1c1cccc(C)c1. The molecule has 2 aromatic rings. The second kappa shape index (κ2) is 11.5. The molecule has 1 saturated heterocycles. The van der Waals surface area contributed by atoms with E-state index < -0.39 is 11.9 Å². The van der Waals surface area contributed by atoms with E-state index >= 15 is 0 Å².